The number of benzene rings is 3. The van der Waals surface area contributed by atoms with Crippen LogP contribution in [0.1, 0.15) is 18.7 Å². The summed E-state index contributed by atoms with van der Waals surface area (Å²) in [5, 5.41) is 2.12. The Labute approximate surface area is 181 Å². The number of hydrogen-bond donors (Lipinski definition) is 0. The Bertz CT molecular complexity index is 1170. The van der Waals surface area contributed by atoms with Gasteiger partial charge in [-0.1, -0.05) is 12.1 Å². The molecule has 0 aromatic heterocycles. The van der Waals surface area contributed by atoms with E-state index >= 15 is 0 Å². The zero-order valence-electron chi connectivity index (χ0n) is 18.3. The molecule has 0 spiro atoms. The largest absolute Gasteiger partial charge is 0.496 e. The van der Waals surface area contributed by atoms with E-state index in [0.29, 0.717) is 23.9 Å². The average Bonchev–Trinajstić information content (AvgIpc) is 3.25. The van der Waals surface area contributed by atoms with Gasteiger partial charge in [0, 0.05) is 36.2 Å². The van der Waals surface area contributed by atoms with Gasteiger partial charge >= 0.3 is 0 Å². The van der Waals surface area contributed by atoms with E-state index in [2.05, 4.69) is 17.0 Å². The summed E-state index contributed by atoms with van der Waals surface area (Å²) in [7, 11) is 6.95. The third-order valence-electron chi connectivity index (χ3n) is 5.92. The molecule has 0 amide bonds. The van der Waals surface area contributed by atoms with E-state index < -0.39 is 0 Å². The molecule has 5 rings (SSSR count). The number of rotatable bonds is 5. The van der Waals surface area contributed by atoms with E-state index in [-0.39, 0.29) is 13.0 Å². The lowest BCUT2D eigenvalue weighted by Gasteiger charge is -2.39. The summed E-state index contributed by atoms with van der Waals surface area (Å²) >= 11 is 0. The topological polar surface area (TPSA) is 58.6 Å². The molecule has 2 aliphatic heterocycles. The molecule has 0 bridgehead atoms. The van der Waals surface area contributed by atoms with Gasteiger partial charge < -0.3 is 33.3 Å². The lowest BCUT2D eigenvalue weighted by molar-refractivity contribution is 0.0606. The van der Waals surface area contributed by atoms with Crippen molar-refractivity contribution in [3.63, 3.8) is 0 Å². The van der Waals surface area contributed by atoms with Crippen molar-refractivity contribution in [3.05, 3.63) is 35.9 Å². The van der Waals surface area contributed by atoms with Gasteiger partial charge in [-0.3, -0.25) is 0 Å². The number of ether oxygens (including phenoxy) is 6. The predicted molar refractivity (Wildman–Crippen MR) is 118 cm³/mol. The number of fused-ring (bicyclic) bond motifs is 6. The van der Waals surface area contributed by atoms with Gasteiger partial charge in [-0.15, -0.1) is 0 Å². The summed E-state index contributed by atoms with van der Waals surface area (Å²) in [6.45, 7) is 2.75. The van der Waals surface area contributed by atoms with Crippen molar-refractivity contribution >= 4 is 16.5 Å². The molecular formula is C24H25NO6. The third-order valence-corrected chi connectivity index (χ3v) is 5.92. The van der Waals surface area contributed by atoms with E-state index in [9.17, 15) is 0 Å². The fourth-order valence-electron chi connectivity index (χ4n) is 4.62. The van der Waals surface area contributed by atoms with Crippen LogP contribution in [0.3, 0.4) is 0 Å². The summed E-state index contributed by atoms with van der Waals surface area (Å²) in [5.41, 5.74) is 3.88. The predicted octanol–water partition coefficient (Wildman–Crippen LogP) is 4.75. The highest BCUT2D eigenvalue weighted by Gasteiger charge is 2.37. The number of hydrogen-bond acceptors (Lipinski definition) is 7. The Morgan fingerprint density at radius 3 is 2.39 bits per heavy atom. The van der Waals surface area contributed by atoms with Crippen molar-refractivity contribution < 1.29 is 28.4 Å². The maximum Gasteiger partial charge on any atom is 0.231 e. The minimum absolute atomic E-state index is 0.235. The van der Waals surface area contributed by atoms with Crippen LogP contribution in [-0.2, 0) is 4.74 Å². The van der Waals surface area contributed by atoms with Crippen LogP contribution in [0.15, 0.2) is 30.3 Å². The van der Waals surface area contributed by atoms with Crippen LogP contribution >= 0.6 is 0 Å². The van der Waals surface area contributed by atoms with E-state index in [1.54, 1.807) is 21.3 Å². The van der Waals surface area contributed by atoms with Crippen molar-refractivity contribution in [1.82, 2.24) is 0 Å². The molecule has 0 radical (unpaired) electrons. The Hall–Kier alpha value is -3.32. The van der Waals surface area contributed by atoms with Crippen LogP contribution < -0.4 is 28.6 Å². The normalized spacial score (nSPS) is 16.2. The third kappa shape index (κ3) is 2.76. The van der Waals surface area contributed by atoms with Crippen molar-refractivity contribution in [1.29, 1.82) is 0 Å². The first kappa shape index (κ1) is 19.6. The molecule has 0 saturated heterocycles. The fourth-order valence-corrected chi connectivity index (χ4v) is 4.62. The molecule has 0 fully saturated rings. The van der Waals surface area contributed by atoms with Gasteiger partial charge in [0.2, 0.25) is 6.79 Å². The Balaban J connectivity index is 1.88. The van der Waals surface area contributed by atoms with Crippen LogP contribution in [0.5, 0.6) is 28.7 Å². The number of methoxy groups -OCH3 is 3. The molecule has 162 valence electrons. The molecule has 7 heteroatoms. The SMILES string of the molecule is CCO[C@@H]1c2c(OC)c(OC)cc(OC)c2-c2ccc3cc4c(cc3c2N1C)OCO4. The van der Waals surface area contributed by atoms with Gasteiger partial charge in [0.15, 0.2) is 29.2 Å². The highest BCUT2D eigenvalue weighted by molar-refractivity contribution is 6.06. The number of anilines is 1. The summed E-state index contributed by atoms with van der Waals surface area (Å²) in [6.07, 6.45) is -0.387. The Kier molecular flexibility index (Phi) is 4.70. The van der Waals surface area contributed by atoms with Crippen LogP contribution in [-0.4, -0.2) is 41.8 Å². The van der Waals surface area contributed by atoms with Gasteiger partial charge in [0.05, 0.1) is 32.6 Å². The summed E-state index contributed by atoms with van der Waals surface area (Å²) in [6, 6.07) is 10.1. The first-order chi connectivity index (χ1) is 15.1. The van der Waals surface area contributed by atoms with Gasteiger partial charge in [0.1, 0.15) is 5.75 Å². The minimum Gasteiger partial charge on any atom is -0.496 e. The van der Waals surface area contributed by atoms with E-state index in [4.69, 9.17) is 28.4 Å². The standard InChI is InChI=1S/C24H25NO6/c1-6-29-24-21-20(18(26-3)11-19(27-4)23(21)28-5)14-8-7-13-9-16-17(31-12-30-16)10-15(13)22(14)25(24)2/h7-11,24H,6,12H2,1-5H3/t24-/m1/s1. The van der Waals surface area contributed by atoms with Crippen molar-refractivity contribution in [3.8, 4) is 39.9 Å². The average molecular weight is 423 g/mol. The van der Waals surface area contributed by atoms with Crippen LogP contribution in [0, 0.1) is 0 Å². The van der Waals surface area contributed by atoms with Crippen LogP contribution in [0.2, 0.25) is 0 Å². The second kappa shape index (κ2) is 7.42. The molecule has 1 atom stereocenters. The molecule has 2 aliphatic rings. The first-order valence-electron chi connectivity index (χ1n) is 10.2. The molecule has 0 aliphatic carbocycles. The zero-order chi connectivity index (χ0) is 21.7. The molecule has 2 heterocycles. The molecule has 3 aromatic rings. The monoisotopic (exact) mass is 423 g/mol. The molecule has 0 saturated carbocycles. The molecule has 31 heavy (non-hydrogen) atoms. The zero-order valence-corrected chi connectivity index (χ0v) is 18.3. The van der Waals surface area contributed by atoms with Crippen molar-refractivity contribution in [2.24, 2.45) is 0 Å². The van der Waals surface area contributed by atoms with E-state index in [0.717, 1.165) is 44.6 Å². The fraction of sp³-hybridized carbons (Fsp3) is 0.333. The van der Waals surface area contributed by atoms with Crippen LogP contribution in [0.25, 0.3) is 21.9 Å². The lowest BCUT2D eigenvalue weighted by Crippen LogP contribution is -2.31. The molecule has 7 nitrogen and oxygen atoms in total. The maximum absolute atomic E-state index is 6.24. The smallest absolute Gasteiger partial charge is 0.231 e. The second-order valence-electron chi connectivity index (χ2n) is 7.41. The molecule has 0 unspecified atom stereocenters. The quantitative estimate of drug-likeness (QED) is 0.587. The maximum atomic E-state index is 6.24. The van der Waals surface area contributed by atoms with Gasteiger partial charge in [0.25, 0.3) is 0 Å². The summed E-state index contributed by atoms with van der Waals surface area (Å²) < 4.78 is 34.7. The van der Waals surface area contributed by atoms with Crippen molar-refractivity contribution in [2.45, 2.75) is 13.2 Å². The minimum atomic E-state index is -0.387. The second-order valence-corrected chi connectivity index (χ2v) is 7.41. The summed E-state index contributed by atoms with van der Waals surface area (Å²) in [5.74, 6) is 3.44. The van der Waals surface area contributed by atoms with Gasteiger partial charge in [-0.2, -0.15) is 0 Å². The van der Waals surface area contributed by atoms with E-state index in [1.807, 2.05) is 32.2 Å². The summed E-state index contributed by atoms with van der Waals surface area (Å²) in [4.78, 5) is 2.13. The Morgan fingerprint density at radius 2 is 1.71 bits per heavy atom. The number of nitrogens with zero attached hydrogens (tertiary/aromatic N) is 1. The van der Waals surface area contributed by atoms with E-state index in [1.165, 1.54) is 0 Å². The Morgan fingerprint density at radius 1 is 0.968 bits per heavy atom. The highest BCUT2D eigenvalue weighted by atomic mass is 16.7. The first-order valence-corrected chi connectivity index (χ1v) is 10.2. The molecule has 0 N–H and O–H groups in total. The lowest BCUT2D eigenvalue weighted by atomic mass is 9.88. The van der Waals surface area contributed by atoms with Gasteiger partial charge in [-0.05, 0) is 24.4 Å². The molecular weight excluding hydrogens is 398 g/mol. The molecule has 3 aromatic carbocycles. The van der Waals surface area contributed by atoms with Gasteiger partial charge in [-0.25, -0.2) is 0 Å². The van der Waals surface area contributed by atoms with Crippen molar-refractivity contribution in [2.75, 3.05) is 46.7 Å². The highest BCUT2D eigenvalue weighted by Crippen LogP contribution is 2.56. The van der Waals surface area contributed by atoms with Crippen LogP contribution in [0.4, 0.5) is 5.69 Å².